The molecule has 7 N–H and O–H groups in total. The lowest BCUT2D eigenvalue weighted by Gasteiger charge is -2.15. The number of aliphatic imine (C=N–C) groups is 1. The Kier molecular flexibility index (Phi) is 6.32. The summed E-state index contributed by atoms with van der Waals surface area (Å²) in [5.74, 6) is -0.809. The molecule has 0 heterocycles. The quantitative estimate of drug-likeness (QED) is 0.279. The summed E-state index contributed by atoms with van der Waals surface area (Å²) in [4.78, 5) is 15.2. The van der Waals surface area contributed by atoms with Crippen molar-refractivity contribution < 1.29 is 13.2 Å². The monoisotopic (exact) mass is 327 g/mol. The molecule has 1 rings (SSSR count). The second-order valence-electron chi connectivity index (χ2n) is 4.84. The largest absolute Gasteiger partial charge is 0.370 e. The Bertz CT molecular complexity index is 636. The number of guanidine groups is 1. The van der Waals surface area contributed by atoms with E-state index in [1.165, 1.54) is 12.1 Å². The Morgan fingerprint density at radius 3 is 2.32 bits per heavy atom. The molecule has 0 aliphatic rings. The summed E-state index contributed by atoms with van der Waals surface area (Å²) in [6.07, 6.45) is 0.624. The van der Waals surface area contributed by atoms with Crippen molar-refractivity contribution in [3.05, 3.63) is 29.8 Å². The maximum Gasteiger partial charge on any atom is 0.241 e. The number of sulfonamides is 1. The SMILES string of the molecule is Cc1ccc(S(=O)(=O)N[C@H](CCCN=C(N)N)C(N)=O)cc1. The maximum atomic E-state index is 12.2. The Morgan fingerprint density at radius 1 is 1.23 bits per heavy atom. The van der Waals surface area contributed by atoms with Gasteiger partial charge in [-0.25, -0.2) is 8.42 Å². The van der Waals surface area contributed by atoms with Gasteiger partial charge in [-0.2, -0.15) is 4.72 Å². The molecular weight excluding hydrogens is 306 g/mol. The number of nitrogens with zero attached hydrogens (tertiary/aromatic N) is 1. The second-order valence-corrected chi connectivity index (χ2v) is 6.55. The molecule has 0 spiro atoms. The van der Waals surface area contributed by atoms with Crippen molar-refractivity contribution in [2.75, 3.05) is 6.54 Å². The molecule has 122 valence electrons. The van der Waals surface area contributed by atoms with Gasteiger partial charge < -0.3 is 17.2 Å². The minimum Gasteiger partial charge on any atom is -0.370 e. The first kappa shape index (κ1) is 17.9. The highest BCUT2D eigenvalue weighted by atomic mass is 32.2. The van der Waals surface area contributed by atoms with Crippen LogP contribution in [0.1, 0.15) is 18.4 Å². The average molecular weight is 327 g/mol. The number of rotatable bonds is 8. The van der Waals surface area contributed by atoms with Crippen LogP contribution in [0.3, 0.4) is 0 Å². The predicted molar refractivity (Wildman–Crippen MR) is 84.4 cm³/mol. The van der Waals surface area contributed by atoms with E-state index >= 15 is 0 Å². The zero-order valence-electron chi connectivity index (χ0n) is 12.3. The van der Waals surface area contributed by atoms with E-state index in [1.807, 2.05) is 6.92 Å². The molecule has 9 heteroatoms. The lowest BCUT2D eigenvalue weighted by molar-refractivity contribution is -0.119. The summed E-state index contributed by atoms with van der Waals surface area (Å²) >= 11 is 0. The molecule has 1 amide bonds. The topological polar surface area (TPSA) is 154 Å². The van der Waals surface area contributed by atoms with Crippen LogP contribution in [0.15, 0.2) is 34.2 Å². The number of primary amides is 1. The fraction of sp³-hybridized carbons (Fsp3) is 0.385. The van der Waals surface area contributed by atoms with Gasteiger partial charge in [-0.05, 0) is 31.9 Å². The number of hydrogen-bond acceptors (Lipinski definition) is 4. The summed E-state index contributed by atoms with van der Waals surface area (Å²) in [5, 5.41) is 0. The van der Waals surface area contributed by atoms with Crippen LogP contribution >= 0.6 is 0 Å². The Labute approximate surface area is 129 Å². The number of amides is 1. The Balaban J connectivity index is 2.75. The van der Waals surface area contributed by atoms with Gasteiger partial charge >= 0.3 is 0 Å². The zero-order chi connectivity index (χ0) is 16.8. The van der Waals surface area contributed by atoms with Crippen LogP contribution in [0.5, 0.6) is 0 Å². The van der Waals surface area contributed by atoms with E-state index in [1.54, 1.807) is 12.1 Å². The zero-order valence-corrected chi connectivity index (χ0v) is 13.1. The Hall–Kier alpha value is -2.13. The van der Waals surface area contributed by atoms with E-state index in [2.05, 4.69) is 9.71 Å². The van der Waals surface area contributed by atoms with Crippen LogP contribution in [0.2, 0.25) is 0 Å². The smallest absolute Gasteiger partial charge is 0.241 e. The van der Waals surface area contributed by atoms with Crippen molar-refractivity contribution in [2.45, 2.75) is 30.7 Å². The van der Waals surface area contributed by atoms with Crippen molar-refractivity contribution in [1.82, 2.24) is 4.72 Å². The summed E-state index contributed by atoms with van der Waals surface area (Å²) in [5.41, 5.74) is 16.5. The third-order valence-corrected chi connectivity index (χ3v) is 4.41. The maximum absolute atomic E-state index is 12.2. The van der Waals surface area contributed by atoms with Crippen LogP contribution in [0, 0.1) is 6.92 Å². The third-order valence-electron chi connectivity index (χ3n) is 2.92. The molecule has 0 aliphatic heterocycles. The molecule has 0 aromatic heterocycles. The minimum atomic E-state index is -3.81. The van der Waals surface area contributed by atoms with Crippen LogP contribution in [0.4, 0.5) is 0 Å². The first-order chi connectivity index (χ1) is 10.2. The molecular formula is C13H21N5O3S. The first-order valence-electron chi connectivity index (χ1n) is 6.66. The third kappa shape index (κ3) is 5.70. The highest BCUT2D eigenvalue weighted by Crippen LogP contribution is 2.11. The van der Waals surface area contributed by atoms with Gasteiger partial charge in [-0.1, -0.05) is 17.7 Å². The van der Waals surface area contributed by atoms with Crippen molar-refractivity contribution in [2.24, 2.45) is 22.2 Å². The summed E-state index contributed by atoms with van der Waals surface area (Å²) in [7, 11) is -3.81. The van der Waals surface area contributed by atoms with E-state index < -0.39 is 22.0 Å². The van der Waals surface area contributed by atoms with E-state index in [4.69, 9.17) is 17.2 Å². The van der Waals surface area contributed by atoms with Gasteiger partial charge in [-0.3, -0.25) is 9.79 Å². The first-order valence-corrected chi connectivity index (χ1v) is 8.14. The van der Waals surface area contributed by atoms with Gasteiger partial charge in [0, 0.05) is 6.54 Å². The highest BCUT2D eigenvalue weighted by molar-refractivity contribution is 7.89. The van der Waals surface area contributed by atoms with E-state index in [9.17, 15) is 13.2 Å². The predicted octanol–water partition coefficient (Wildman–Crippen LogP) is -0.819. The number of carbonyl (C=O) groups is 1. The molecule has 8 nitrogen and oxygen atoms in total. The summed E-state index contributed by atoms with van der Waals surface area (Å²) in [6.45, 7) is 2.14. The molecule has 0 aliphatic carbocycles. The van der Waals surface area contributed by atoms with Crippen molar-refractivity contribution in [3.8, 4) is 0 Å². The van der Waals surface area contributed by atoms with Gasteiger partial charge in [0.25, 0.3) is 0 Å². The lowest BCUT2D eigenvalue weighted by atomic mass is 10.1. The number of aryl methyl sites for hydroxylation is 1. The molecule has 1 aromatic rings. The van der Waals surface area contributed by atoms with Gasteiger partial charge in [0.2, 0.25) is 15.9 Å². The van der Waals surface area contributed by atoms with Gasteiger partial charge in [0.05, 0.1) is 4.90 Å². The number of nitrogens with one attached hydrogen (secondary N) is 1. The molecule has 0 saturated heterocycles. The number of hydrogen-bond donors (Lipinski definition) is 4. The fourth-order valence-electron chi connectivity index (χ4n) is 1.74. The molecule has 1 atom stereocenters. The van der Waals surface area contributed by atoms with Crippen LogP contribution in [0.25, 0.3) is 0 Å². The minimum absolute atomic E-state index is 0.0594. The lowest BCUT2D eigenvalue weighted by Crippen LogP contribution is -2.44. The molecule has 1 aromatic carbocycles. The number of benzene rings is 1. The molecule has 0 saturated carbocycles. The van der Waals surface area contributed by atoms with Crippen LogP contribution < -0.4 is 21.9 Å². The number of nitrogens with two attached hydrogens (primary N) is 3. The summed E-state index contributed by atoms with van der Waals surface area (Å²) in [6, 6.07) is 5.27. The van der Waals surface area contributed by atoms with Crippen LogP contribution in [-0.4, -0.2) is 32.9 Å². The number of carbonyl (C=O) groups excluding carboxylic acids is 1. The van der Waals surface area contributed by atoms with Crippen molar-refractivity contribution in [3.63, 3.8) is 0 Å². The van der Waals surface area contributed by atoms with E-state index in [-0.39, 0.29) is 17.3 Å². The van der Waals surface area contributed by atoms with Crippen molar-refractivity contribution >= 4 is 21.9 Å². The van der Waals surface area contributed by atoms with Gasteiger partial charge in [0.1, 0.15) is 6.04 Å². The van der Waals surface area contributed by atoms with Crippen molar-refractivity contribution in [1.29, 1.82) is 0 Å². The standard InChI is InChI=1S/C13H21N5O3S/c1-9-4-6-10(7-5-9)22(20,21)18-11(12(14)19)3-2-8-17-13(15)16/h4-7,11,18H,2-3,8H2,1H3,(H2,14,19)(H4,15,16,17)/t11-/m1/s1. The van der Waals surface area contributed by atoms with E-state index in [0.29, 0.717) is 13.0 Å². The molecule has 0 unspecified atom stereocenters. The van der Waals surface area contributed by atoms with Crippen LogP contribution in [-0.2, 0) is 14.8 Å². The second kappa shape index (κ2) is 7.76. The molecule has 22 heavy (non-hydrogen) atoms. The summed E-state index contributed by atoms with van der Waals surface area (Å²) < 4.78 is 26.7. The average Bonchev–Trinajstić information content (AvgIpc) is 2.42. The molecule has 0 fully saturated rings. The Morgan fingerprint density at radius 2 is 1.82 bits per heavy atom. The molecule has 0 bridgehead atoms. The van der Waals surface area contributed by atoms with Gasteiger partial charge in [-0.15, -0.1) is 0 Å². The highest BCUT2D eigenvalue weighted by Gasteiger charge is 2.23. The van der Waals surface area contributed by atoms with Gasteiger partial charge in [0.15, 0.2) is 5.96 Å². The fourth-order valence-corrected chi connectivity index (χ4v) is 2.97. The van der Waals surface area contributed by atoms with E-state index in [0.717, 1.165) is 5.56 Å². The molecule has 0 radical (unpaired) electrons. The normalized spacial score (nSPS) is 12.6.